The van der Waals surface area contributed by atoms with Gasteiger partial charge >= 0.3 is 0 Å². The standard InChI is InChI=1S/C21H21NO3S2/c1-4-24-18-12-15(13-19-20(23)22(3)21(26)27-19)10-11-17(18)25-14(2)16-8-6-5-7-9-16/h5-14H,4H2,1-3H3/b19-13-. The van der Waals surface area contributed by atoms with Crippen LogP contribution >= 0.6 is 24.0 Å². The average Bonchev–Trinajstić information content (AvgIpc) is 2.91. The van der Waals surface area contributed by atoms with E-state index in [4.69, 9.17) is 21.7 Å². The van der Waals surface area contributed by atoms with Gasteiger partial charge in [0.1, 0.15) is 10.4 Å². The molecule has 6 heteroatoms. The van der Waals surface area contributed by atoms with Gasteiger partial charge in [-0.3, -0.25) is 9.69 Å². The van der Waals surface area contributed by atoms with Crippen molar-refractivity contribution in [3.63, 3.8) is 0 Å². The molecule has 3 rings (SSSR count). The van der Waals surface area contributed by atoms with Crippen LogP contribution in [0, 0.1) is 0 Å². The van der Waals surface area contributed by atoms with E-state index >= 15 is 0 Å². The van der Waals surface area contributed by atoms with Gasteiger partial charge in [0, 0.05) is 7.05 Å². The van der Waals surface area contributed by atoms with Gasteiger partial charge in [-0.2, -0.15) is 0 Å². The highest BCUT2D eigenvalue weighted by atomic mass is 32.2. The minimum Gasteiger partial charge on any atom is -0.490 e. The normalized spacial score (nSPS) is 16.7. The molecule has 4 nitrogen and oxygen atoms in total. The Bertz CT molecular complexity index is 880. The molecule has 1 heterocycles. The molecule has 0 bridgehead atoms. The number of rotatable bonds is 6. The molecular weight excluding hydrogens is 378 g/mol. The van der Waals surface area contributed by atoms with Crippen LogP contribution in [-0.4, -0.2) is 28.8 Å². The molecule has 1 amide bonds. The van der Waals surface area contributed by atoms with Crippen LogP contribution in [0.5, 0.6) is 11.5 Å². The van der Waals surface area contributed by atoms with Crippen molar-refractivity contribution >= 4 is 40.3 Å². The molecule has 1 unspecified atom stereocenters. The Morgan fingerprint density at radius 3 is 2.56 bits per heavy atom. The van der Waals surface area contributed by atoms with Crippen molar-refractivity contribution in [3.8, 4) is 11.5 Å². The number of hydrogen-bond donors (Lipinski definition) is 0. The molecule has 0 aliphatic carbocycles. The smallest absolute Gasteiger partial charge is 0.265 e. The summed E-state index contributed by atoms with van der Waals surface area (Å²) in [5.41, 5.74) is 1.96. The lowest BCUT2D eigenvalue weighted by Gasteiger charge is -2.18. The first-order valence-corrected chi connectivity index (χ1v) is 9.92. The van der Waals surface area contributed by atoms with Crippen LogP contribution in [0.15, 0.2) is 53.4 Å². The van der Waals surface area contributed by atoms with Crippen molar-refractivity contribution in [3.05, 3.63) is 64.6 Å². The number of carbonyl (C=O) groups excluding carboxylic acids is 1. The zero-order valence-corrected chi connectivity index (χ0v) is 17.1. The summed E-state index contributed by atoms with van der Waals surface area (Å²) in [5, 5.41) is 0. The lowest BCUT2D eigenvalue weighted by atomic mass is 10.1. The molecule has 0 N–H and O–H groups in total. The molecule has 0 aromatic heterocycles. The SMILES string of the molecule is CCOc1cc(/C=C2\SC(=S)N(C)C2=O)ccc1OC(C)c1ccccc1. The zero-order valence-electron chi connectivity index (χ0n) is 15.5. The minimum absolute atomic E-state index is 0.0824. The van der Waals surface area contributed by atoms with Crippen LogP contribution in [0.2, 0.25) is 0 Å². The first-order valence-electron chi connectivity index (χ1n) is 8.69. The fraction of sp³-hybridized carbons (Fsp3) is 0.238. The van der Waals surface area contributed by atoms with Crippen LogP contribution < -0.4 is 9.47 Å². The molecule has 1 aliphatic rings. The third-order valence-electron chi connectivity index (χ3n) is 4.12. The molecule has 140 valence electrons. The molecule has 2 aromatic carbocycles. The number of hydrogen-bond acceptors (Lipinski definition) is 5. The van der Waals surface area contributed by atoms with Crippen LogP contribution in [0.25, 0.3) is 6.08 Å². The molecule has 0 saturated carbocycles. The summed E-state index contributed by atoms with van der Waals surface area (Å²) in [5.74, 6) is 1.25. The Morgan fingerprint density at radius 1 is 1.19 bits per heavy atom. The third kappa shape index (κ3) is 4.51. The maximum absolute atomic E-state index is 12.2. The summed E-state index contributed by atoms with van der Waals surface area (Å²) in [6.07, 6.45) is 1.73. The van der Waals surface area contributed by atoms with Crippen molar-refractivity contribution in [2.24, 2.45) is 0 Å². The Labute approximate surface area is 169 Å². The highest BCUT2D eigenvalue weighted by molar-refractivity contribution is 8.26. The van der Waals surface area contributed by atoms with Crippen molar-refractivity contribution < 1.29 is 14.3 Å². The lowest BCUT2D eigenvalue weighted by molar-refractivity contribution is -0.121. The van der Waals surface area contributed by atoms with Crippen molar-refractivity contribution in [1.29, 1.82) is 0 Å². The predicted molar refractivity (Wildman–Crippen MR) is 114 cm³/mol. The van der Waals surface area contributed by atoms with E-state index in [9.17, 15) is 4.79 Å². The molecule has 1 atom stereocenters. The highest BCUT2D eigenvalue weighted by Gasteiger charge is 2.28. The second-order valence-electron chi connectivity index (χ2n) is 6.05. The zero-order chi connectivity index (χ0) is 19.4. The number of thiocarbonyl (C=S) groups is 1. The second kappa shape index (κ2) is 8.59. The number of ether oxygens (including phenoxy) is 2. The largest absolute Gasteiger partial charge is 0.490 e. The van der Waals surface area contributed by atoms with E-state index in [-0.39, 0.29) is 12.0 Å². The predicted octanol–water partition coefficient (Wildman–Crippen LogP) is 5.06. The van der Waals surface area contributed by atoms with Gasteiger partial charge in [0.2, 0.25) is 0 Å². The first-order chi connectivity index (χ1) is 13.0. The van der Waals surface area contributed by atoms with Gasteiger partial charge in [0.25, 0.3) is 5.91 Å². The van der Waals surface area contributed by atoms with Gasteiger partial charge in [-0.1, -0.05) is 60.4 Å². The monoisotopic (exact) mass is 399 g/mol. The molecule has 1 saturated heterocycles. The summed E-state index contributed by atoms with van der Waals surface area (Å²) in [4.78, 5) is 14.3. The fourth-order valence-corrected chi connectivity index (χ4v) is 3.84. The molecule has 1 aliphatic heterocycles. The third-order valence-corrected chi connectivity index (χ3v) is 5.61. The summed E-state index contributed by atoms with van der Waals surface area (Å²) >= 11 is 6.48. The Hall–Kier alpha value is -2.31. The maximum Gasteiger partial charge on any atom is 0.265 e. The maximum atomic E-state index is 12.2. The van der Waals surface area contributed by atoms with E-state index in [0.717, 1.165) is 11.1 Å². The number of amides is 1. The quantitative estimate of drug-likeness (QED) is 0.502. The molecule has 0 radical (unpaired) electrons. The lowest BCUT2D eigenvalue weighted by Crippen LogP contribution is -2.22. The molecule has 0 spiro atoms. The minimum atomic E-state index is -0.104. The van der Waals surface area contributed by atoms with E-state index in [1.165, 1.54) is 16.7 Å². The van der Waals surface area contributed by atoms with E-state index in [0.29, 0.717) is 27.3 Å². The number of benzene rings is 2. The van der Waals surface area contributed by atoms with Gasteiger partial charge in [0.05, 0.1) is 11.5 Å². The first kappa shape index (κ1) is 19.5. The summed E-state index contributed by atoms with van der Waals surface area (Å²) in [6, 6.07) is 15.7. The van der Waals surface area contributed by atoms with Crippen molar-refractivity contribution in [2.45, 2.75) is 20.0 Å². The van der Waals surface area contributed by atoms with Gasteiger partial charge in [-0.25, -0.2) is 0 Å². The Morgan fingerprint density at radius 2 is 1.93 bits per heavy atom. The molecule has 1 fully saturated rings. The highest BCUT2D eigenvalue weighted by Crippen LogP contribution is 2.35. The van der Waals surface area contributed by atoms with E-state index in [2.05, 4.69) is 0 Å². The van der Waals surface area contributed by atoms with Crippen molar-refractivity contribution in [2.75, 3.05) is 13.7 Å². The van der Waals surface area contributed by atoms with E-state index in [1.807, 2.05) is 68.5 Å². The second-order valence-corrected chi connectivity index (χ2v) is 7.73. The summed E-state index contributed by atoms with van der Waals surface area (Å²) in [6.45, 7) is 4.46. The van der Waals surface area contributed by atoms with Gasteiger partial charge in [0.15, 0.2) is 11.5 Å². The average molecular weight is 400 g/mol. The van der Waals surface area contributed by atoms with E-state index in [1.54, 1.807) is 7.05 Å². The van der Waals surface area contributed by atoms with Gasteiger partial charge < -0.3 is 9.47 Å². The van der Waals surface area contributed by atoms with Crippen molar-refractivity contribution in [1.82, 2.24) is 4.90 Å². The summed E-state index contributed by atoms with van der Waals surface area (Å²) < 4.78 is 12.4. The molecule has 27 heavy (non-hydrogen) atoms. The topological polar surface area (TPSA) is 38.8 Å². The number of carbonyl (C=O) groups is 1. The van der Waals surface area contributed by atoms with Crippen LogP contribution in [-0.2, 0) is 4.79 Å². The van der Waals surface area contributed by atoms with Crippen LogP contribution in [0.1, 0.15) is 31.1 Å². The van der Waals surface area contributed by atoms with Crippen LogP contribution in [0.4, 0.5) is 0 Å². The van der Waals surface area contributed by atoms with Gasteiger partial charge in [-0.15, -0.1) is 0 Å². The fourth-order valence-electron chi connectivity index (χ4n) is 2.66. The number of nitrogens with zero attached hydrogens (tertiary/aromatic N) is 1. The Balaban J connectivity index is 1.85. The Kier molecular flexibility index (Phi) is 6.19. The summed E-state index contributed by atoms with van der Waals surface area (Å²) in [7, 11) is 1.69. The van der Waals surface area contributed by atoms with Crippen LogP contribution in [0.3, 0.4) is 0 Å². The van der Waals surface area contributed by atoms with E-state index < -0.39 is 0 Å². The molecular formula is C21H21NO3S2. The number of likely N-dealkylation sites (N-methyl/N-ethyl adjacent to an activating group) is 1. The number of thioether (sulfide) groups is 1. The molecule has 2 aromatic rings. The van der Waals surface area contributed by atoms with Gasteiger partial charge in [-0.05, 0) is 43.2 Å².